The van der Waals surface area contributed by atoms with Crippen molar-refractivity contribution in [2.45, 2.75) is 52.9 Å². The average Bonchev–Trinajstić information content (AvgIpc) is 3.48. The molecule has 0 spiro atoms. The second-order valence-electron chi connectivity index (χ2n) is 11.4. The van der Waals surface area contributed by atoms with Crippen LogP contribution in [0.3, 0.4) is 0 Å². The molecule has 39 heavy (non-hydrogen) atoms. The van der Waals surface area contributed by atoms with Gasteiger partial charge in [0.1, 0.15) is 5.82 Å². The molecule has 2 aliphatic carbocycles. The fraction of sp³-hybridized carbons (Fsp3) is 0.314. The van der Waals surface area contributed by atoms with E-state index in [1.807, 2.05) is 24.7 Å². The Morgan fingerprint density at radius 3 is 2.67 bits per heavy atom. The summed E-state index contributed by atoms with van der Waals surface area (Å²) < 4.78 is 2.20. The van der Waals surface area contributed by atoms with Gasteiger partial charge in [0.25, 0.3) is 0 Å². The fourth-order valence-electron chi connectivity index (χ4n) is 7.05. The number of imidazole rings is 1. The first-order valence-electron chi connectivity index (χ1n) is 14.3. The first-order chi connectivity index (χ1) is 19.1. The van der Waals surface area contributed by atoms with Crippen LogP contribution in [0.2, 0.25) is 0 Å². The van der Waals surface area contributed by atoms with E-state index in [9.17, 15) is 0 Å². The molecule has 0 radical (unpaired) electrons. The van der Waals surface area contributed by atoms with Crippen LogP contribution < -0.4 is 15.8 Å². The van der Waals surface area contributed by atoms with Gasteiger partial charge in [0.05, 0.1) is 0 Å². The van der Waals surface area contributed by atoms with Crippen LogP contribution >= 0.6 is 0 Å². The van der Waals surface area contributed by atoms with Gasteiger partial charge in [0.2, 0.25) is 0 Å². The van der Waals surface area contributed by atoms with Crippen molar-refractivity contribution in [3.8, 4) is 17.1 Å². The fourth-order valence-corrected chi connectivity index (χ4v) is 7.05. The molecule has 2 atom stereocenters. The van der Waals surface area contributed by atoms with Crippen molar-refractivity contribution in [2.24, 2.45) is 16.3 Å². The number of hydrogen-bond acceptors (Lipinski definition) is 3. The van der Waals surface area contributed by atoms with Crippen LogP contribution in [0.4, 0.5) is 0 Å². The number of nitrogens with one attached hydrogen (secondary N) is 1. The number of nitrogens with zero attached hydrogens (tertiary/aromatic N) is 3. The van der Waals surface area contributed by atoms with Crippen LogP contribution in [0.15, 0.2) is 90.4 Å². The Hall–Kier alpha value is -3.92. The van der Waals surface area contributed by atoms with Crippen molar-refractivity contribution in [3.63, 3.8) is 0 Å². The number of benzene rings is 3. The van der Waals surface area contributed by atoms with E-state index >= 15 is 0 Å². The molecule has 198 valence electrons. The highest BCUT2D eigenvalue weighted by Gasteiger charge is 2.39. The molecule has 0 saturated heterocycles. The summed E-state index contributed by atoms with van der Waals surface area (Å²) in [5.74, 6) is 1.82. The van der Waals surface area contributed by atoms with Gasteiger partial charge in [-0.25, -0.2) is 4.98 Å². The number of aliphatic imine (C=N–C) groups is 1. The molecule has 0 bridgehead atoms. The highest BCUT2D eigenvalue weighted by atomic mass is 15.1. The van der Waals surface area contributed by atoms with Crippen LogP contribution in [0, 0.1) is 11.3 Å². The van der Waals surface area contributed by atoms with Crippen molar-refractivity contribution in [3.05, 3.63) is 95.9 Å². The zero-order chi connectivity index (χ0) is 26.8. The lowest BCUT2D eigenvalue weighted by molar-refractivity contribution is 0.250. The predicted molar refractivity (Wildman–Crippen MR) is 164 cm³/mol. The smallest absolute Gasteiger partial charge is 0.144 e. The average molecular weight is 515 g/mol. The quantitative estimate of drug-likeness (QED) is 0.328. The van der Waals surface area contributed by atoms with Crippen molar-refractivity contribution in [2.75, 3.05) is 6.54 Å². The molecule has 1 fully saturated rings. The van der Waals surface area contributed by atoms with E-state index in [1.165, 1.54) is 53.3 Å². The standard InChI is InChI=1S/C31H32N2.C4H6N2/c1-4-31-19-21(2)10-15-28(31)27-13-11-24-18-25(12-14-26(24)29(27)22(3)20-31)33-17-16-32-30(33)23-8-6-5-7-9-23;1-2-6-4-3-5-1/h5-9,11-14,16-18,21H,4,10,15,19-20H2,1-3H3;1-3,6H,4H2. The monoisotopic (exact) mass is 514 g/mol. The van der Waals surface area contributed by atoms with E-state index < -0.39 is 0 Å². The minimum absolute atomic E-state index is 0.379. The lowest BCUT2D eigenvalue weighted by Gasteiger charge is -2.44. The van der Waals surface area contributed by atoms with E-state index in [1.54, 1.807) is 17.3 Å². The molecule has 3 aromatic carbocycles. The summed E-state index contributed by atoms with van der Waals surface area (Å²) in [6.45, 7) is 8.10. The maximum Gasteiger partial charge on any atom is 0.144 e. The lowest BCUT2D eigenvalue weighted by Crippen LogP contribution is -2.43. The molecule has 1 aliphatic heterocycles. The Morgan fingerprint density at radius 1 is 1.08 bits per heavy atom. The summed E-state index contributed by atoms with van der Waals surface area (Å²) in [7, 11) is 0. The zero-order valence-electron chi connectivity index (χ0n) is 23.3. The summed E-state index contributed by atoms with van der Waals surface area (Å²) in [5, 5.41) is 8.69. The molecule has 4 aromatic rings. The normalized spacial score (nSPS) is 21.6. The summed E-state index contributed by atoms with van der Waals surface area (Å²) in [6.07, 6.45) is 15.7. The van der Waals surface area contributed by atoms with Gasteiger partial charge in [-0.15, -0.1) is 0 Å². The van der Waals surface area contributed by atoms with Gasteiger partial charge in [0.15, 0.2) is 0 Å². The molecule has 0 amide bonds. The van der Waals surface area contributed by atoms with E-state index in [2.05, 4.69) is 101 Å². The highest BCUT2D eigenvalue weighted by molar-refractivity contribution is 5.88. The SMILES string of the molecule is C1=CNCC=N1.CCC12CC(C)=c3c(ccc4cc(-n5ccnc5-c5ccccc5)ccc34)=C1CCC(C)C2. The third-order valence-electron chi connectivity index (χ3n) is 8.85. The minimum atomic E-state index is 0.379. The molecule has 4 heteroatoms. The van der Waals surface area contributed by atoms with E-state index in [0.29, 0.717) is 5.41 Å². The molecule has 2 unspecified atom stereocenters. The number of rotatable bonds is 3. The second-order valence-corrected chi connectivity index (χ2v) is 11.4. The first kappa shape index (κ1) is 25.4. The van der Waals surface area contributed by atoms with E-state index in [4.69, 9.17) is 0 Å². The largest absolute Gasteiger partial charge is 0.385 e. The van der Waals surface area contributed by atoms with Gasteiger partial charge >= 0.3 is 0 Å². The molecule has 2 heterocycles. The third kappa shape index (κ3) is 4.73. The molecular weight excluding hydrogens is 476 g/mol. The third-order valence-corrected chi connectivity index (χ3v) is 8.85. The molecular formula is C35H38N4. The lowest BCUT2D eigenvalue weighted by atomic mass is 9.60. The van der Waals surface area contributed by atoms with Gasteiger partial charge < -0.3 is 5.32 Å². The maximum absolute atomic E-state index is 4.65. The highest BCUT2D eigenvalue weighted by Crippen LogP contribution is 2.51. The summed E-state index contributed by atoms with van der Waals surface area (Å²) in [5.41, 5.74) is 5.97. The van der Waals surface area contributed by atoms with Crippen LogP contribution in [0.1, 0.15) is 52.9 Å². The Morgan fingerprint density at radius 2 is 1.95 bits per heavy atom. The Labute approximate surface area is 231 Å². The molecule has 7 rings (SSSR count). The van der Waals surface area contributed by atoms with Gasteiger partial charge in [-0.05, 0) is 83.7 Å². The van der Waals surface area contributed by atoms with Crippen LogP contribution in [-0.4, -0.2) is 22.3 Å². The number of fused-ring (bicyclic) bond motifs is 4. The van der Waals surface area contributed by atoms with Gasteiger partial charge in [-0.1, -0.05) is 73.5 Å². The first-order valence-corrected chi connectivity index (χ1v) is 14.3. The van der Waals surface area contributed by atoms with Crippen LogP contribution in [0.5, 0.6) is 0 Å². The van der Waals surface area contributed by atoms with Crippen molar-refractivity contribution in [1.82, 2.24) is 14.9 Å². The van der Waals surface area contributed by atoms with E-state index in [-0.39, 0.29) is 0 Å². The minimum Gasteiger partial charge on any atom is -0.385 e. The summed E-state index contributed by atoms with van der Waals surface area (Å²) in [4.78, 5) is 8.46. The molecule has 1 aromatic heterocycles. The molecule has 1 N–H and O–H groups in total. The Kier molecular flexibility index (Phi) is 6.95. The van der Waals surface area contributed by atoms with Crippen molar-refractivity contribution in [1.29, 1.82) is 0 Å². The van der Waals surface area contributed by atoms with Crippen molar-refractivity contribution < 1.29 is 0 Å². The molecule has 4 nitrogen and oxygen atoms in total. The molecule has 1 saturated carbocycles. The second kappa shape index (κ2) is 10.7. The number of aromatic nitrogens is 2. The Bertz CT molecular complexity index is 1660. The summed E-state index contributed by atoms with van der Waals surface area (Å²) >= 11 is 0. The zero-order valence-corrected chi connectivity index (χ0v) is 23.3. The van der Waals surface area contributed by atoms with Gasteiger partial charge in [-0.3, -0.25) is 9.56 Å². The van der Waals surface area contributed by atoms with E-state index in [0.717, 1.165) is 29.5 Å². The van der Waals surface area contributed by atoms with Crippen LogP contribution in [-0.2, 0) is 0 Å². The summed E-state index contributed by atoms with van der Waals surface area (Å²) in [6, 6.07) is 22.1. The van der Waals surface area contributed by atoms with Gasteiger partial charge in [0, 0.05) is 48.8 Å². The maximum atomic E-state index is 4.65. The van der Waals surface area contributed by atoms with Crippen molar-refractivity contribution >= 4 is 28.1 Å². The van der Waals surface area contributed by atoms with Gasteiger partial charge in [-0.2, -0.15) is 0 Å². The topological polar surface area (TPSA) is 42.2 Å². The Balaban J connectivity index is 0.000000410. The molecule has 3 aliphatic rings. The predicted octanol–water partition coefficient (Wildman–Crippen LogP) is 6.77. The number of hydrogen-bond donors (Lipinski definition) is 1. The van der Waals surface area contributed by atoms with Crippen LogP contribution in [0.25, 0.3) is 39.0 Å².